The quantitative estimate of drug-likeness (QED) is 0.598. The van der Waals surface area contributed by atoms with Crippen LogP contribution in [0.15, 0.2) is 48.5 Å². The van der Waals surface area contributed by atoms with Gasteiger partial charge < -0.3 is 14.4 Å². The Hall–Kier alpha value is -3.08. The topological polar surface area (TPSA) is 51.7 Å². The maximum Gasteiger partial charge on any atom is 0.254 e. The molecule has 150 valence electrons. The highest BCUT2D eigenvalue weighted by Crippen LogP contribution is 2.40. The van der Waals surface area contributed by atoms with E-state index in [0.717, 1.165) is 47.0 Å². The molecule has 0 unspecified atom stereocenters. The number of nitrogens with zero attached hydrogens (tertiary/aromatic N) is 2. The van der Waals surface area contributed by atoms with Crippen molar-refractivity contribution in [3.8, 4) is 11.5 Å². The number of hydrogen-bond acceptors (Lipinski definition) is 4. The van der Waals surface area contributed by atoms with E-state index in [2.05, 4.69) is 0 Å². The SMILES string of the molecule is COc1ccc(CCN(C)C(=O)c2cc(C3CC3)nc3ccccc23)cc1OC. The van der Waals surface area contributed by atoms with E-state index in [1.54, 1.807) is 19.1 Å². The Bertz CT molecular complexity index is 1040. The molecule has 29 heavy (non-hydrogen) atoms. The molecule has 0 saturated heterocycles. The van der Waals surface area contributed by atoms with E-state index >= 15 is 0 Å². The molecule has 1 amide bonds. The normalized spacial score (nSPS) is 13.3. The van der Waals surface area contributed by atoms with Gasteiger partial charge in [-0.2, -0.15) is 0 Å². The number of likely N-dealkylation sites (N-methyl/N-ethyl adjacent to an activating group) is 1. The number of carbonyl (C=O) groups excluding carboxylic acids is 1. The molecule has 4 rings (SSSR count). The molecule has 0 radical (unpaired) electrons. The maximum atomic E-state index is 13.3. The minimum Gasteiger partial charge on any atom is -0.493 e. The molecule has 1 heterocycles. The van der Waals surface area contributed by atoms with Crippen LogP contribution < -0.4 is 9.47 Å². The fourth-order valence-corrected chi connectivity index (χ4v) is 3.60. The molecule has 3 aromatic rings. The molecule has 0 bridgehead atoms. The Morgan fingerprint density at radius 1 is 1.07 bits per heavy atom. The molecular weight excluding hydrogens is 364 g/mol. The molecule has 1 aliphatic carbocycles. The smallest absolute Gasteiger partial charge is 0.254 e. The van der Waals surface area contributed by atoms with E-state index in [0.29, 0.717) is 24.0 Å². The highest BCUT2D eigenvalue weighted by molar-refractivity contribution is 6.06. The van der Waals surface area contributed by atoms with Crippen molar-refractivity contribution in [1.29, 1.82) is 0 Å². The van der Waals surface area contributed by atoms with Crippen LogP contribution in [0.2, 0.25) is 0 Å². The first-order valence-corrected chi connectivity index (χ1v) is 9.96. The van der Waals surface area contributed by atoms with Crippen LogP contribution in [0.1, 0.15) is 40.4 Å². The number of aromatic nitrogens is 1. The zero-order valence-electron chi connectivity index (χ0n) is 17.1. The van der Waals surface area contributed by atoms with Gasteiger partial charge in [-0.3, -0.25) is 9.78 Å². The third-order valence-corrected chi connectivity index (χ3v) is 5.49. The van der Waals surface area contributed by atoms with E-state index in [9.17, 15) is 4.79 Å². The lowest BCUT2D eigenvalue weighted by molar-refractivity contribution is 0.0798. The van der Waals surface area contributed by atoms with Gasteiger partial charge in [0.25, 0.3) is 5.91 Å². The van der Waals surface area contributed by atoms with Crippen molar-refractivity contribution in [2.75, 3.05) is 27.8 Å². The third kappa shape index (κ3) is 4.04. The minimum absolute atomic E-state index is 0.0333. The highest BCUT2D eigenvalue weighted by atomic mass is 16.5. The molecule has 2 aromatic carbocycles. The minimum atomic E-state index is 0.0333. The number of benzene rings is 2. The molecular formula is C24H26N2O3. The molecule has 1 aromatic heterocycles. The predicted octanol–water partition coefficient (Wildman–Crippen LogP) is 4.44. The van der Waals surface area contributed by atoms with Crippen LogP contribution in [0.3, 0.4) is 0 Å². The summed E-state index contributed by atoms with van der Waals surface area (Å²) < 4.78 is 10.7. The zero-order valence-corrected chi connectivity index (χ0v) is 17.1. The van der Waals surface area contributed by atoms with Crippen molar-refractivity contribution >= 4 is 16.8 Å². The van der Waals surface area contributed by atoms with E-state index in [1.807, 2.05) is 55.6 Å². The van der Waals surface area contributed by atoms with Crippen LogP contribution in [0, 0.1) is 0 Å². The Labute approximate surface area is 171 Å². The second-order valence-electron chi connectivity index (χ2n) is 7.55. The van der Waals surface area contributed by atoms with E-state index < -0.39 is 0 Å². The summed E-state index contributed by atoms with van der Waals surface area (Å²) >= 11 is 0. The Kier molecular flexibility index (Phi) is 5.38. The summed E-state index contributed by atoms with van der Waals surface area (Å²) in [6.45, 7) is 0.615. The molecule has 0 N–H and O–H groups in total. The van der Waals surface area contributed by atoms with Crippen LogP contribution in [-0.2, 0) is 6.42 Å². The lowest BCUT2D eigenvalue weighted by atomic mass is 10.0. The lowest BCUT2D eigenvalue weighted by Gasteiger charge is -2.19. The summed E-state index contributed by atoms with van der Waals surface area (Å²) in [6.07, 6.45) is 3.06. The molecule has 0 spiro atoms. The van der Waals surface area contributed by atoms with Gasteiger partial charge in [0.05, 0.1) is 25.3 Å². The fourth-order valence-electron chi connectivity index (χ4n) is 3.60. The van der Waals surface area contributed by atoms with E-state index in [1.165, 1.54) is 0 Å². The van der Waals surface area contributed by atoms with Crippen molar-refractivity contribution in [1.82, 2.24) is 9.88 Å². The zero-order chi connectivity index (χ0) is 20.4. The van der Waals surface area contributed by atoms with Crippen LogP contribution >= 0.6 is 0 Å². The standard InChI is InChI=1S/C24H26N2O3/c1-26(13-12-16-8-11-22(28-2)23(14-16)29-3)24(27)19-15-21(17-9-10-17)25-20-7-5-4-6-18(19)20/h4-8,11,14-15,17H,9-10,12-13H2,1-3H3. The van der Waals surface area contributed by atoms with Gasteiger partial charge in [0.2, 0.25) is 0 Å². The second-order valence-corrected chi connectivity index (χ2v) is 7.55. The first-order chi connectivity index (χ1) is 14.1. The Morgan fingerprint density at radius 2 is 1.83 bits per heavy atom. The highest BCUT2D eigenvalue weighted by Gasteiger charge is 2.27. The van der Waals surface area contributed by atoms with E-state index in [-0.39, 0.29) is 5.91 Å². The Balaban J connectivity index is 1.54. The van der Waals surface area contributed by atoms with Crippen LogP contribution in [0.4, 0.5) is 0 Å². The molecule has 1 saturated carbocycles. The first kappa shape index (κ1) is 19.2. The molecule has 5 nitrogen and oxygen atoms in total. The molecule has 0 aliphatic heterocycles. The van der Waals surface area contributed by atoms with Gasteiger partial charge in [0.1, 0.15) is 0 Å². The molecule has 5 heteroatoms. The largest absolute Gasteiger partial charge is 0.493 e. The number of carbonyl (C=O) groups is 1. The number of ether oxygens (including phenoxy) is 2. The number of rotatable bonds is 7. The van der Waals surface area contributed by atoms with Crippen LogP contribution in [0.25, 0.3) is 10.9 Å². The summed E-state index contributed by atoms with van der Waals surface area (Å²) in [6, 6.07) is 15.8. The number of hydrogen-bond donors (Lipinski definition) is 0. The summed E-state index contributed by atoms with van der Waals surface area (Å²) in [5.74, 6) is 1.94. The van der Waals surface area contributed by atoms with Crippen molar-refractivity contribution < 1.29 is 14.3 Å². The molecule has 1 aliphatic rings. The Morgan fingerprint density at radius 3 is 2.55 bits per heavy atom. The van der Waals surface area contributed by atoms with Gasteiger partial charge in [-0.1, -0.05) is 24.3 Å². The van der Waals surface area contributed by atoms with Crippen molar-refractivity contribution in [2.24, 2.45) is 0 Å². The maximum absolute atomic E-state index is 13.3. The van der Waals surface area contributed by atoms with Crippen molar-refractivity contribution in [3.63, 3.8) is 0 Å². The number of fused-ring (bicyclic) bond motifs is 1. The van der Waals surface area contributed by atoms with Gasteiger partial charge in [-0.15, -0.1) is 0 Å². The van der Waals surface area contributed by atoms with Gasteiger partial charge in [-0.25, -0.2) is 0 Å². The average Bonchev–Trinajstić information content (AvgIpc) is 3.61. The predicted molar refractivity (Wildman–Crippen MR) is 114 cm³/mol. The summed E-state index contributed by atoms with van der Waals surface area (Å²) in [5, 5.41) is 0.917. The number of amides is 1. The summed E-state index contributed by atoms with van der Waals surface area (Å²) in [4.78, 5) is 19.8. The number of pyridine rings is 1. The summed E-state index contributed by atoms with van der Waals surface area (Å²) in [7, 11) is 5.11. The van der Waals surface area contributed by atoms with Crippen molar-refractivity contribution in [3.05, 3.63) is 65.4 Å². The molecule has 0 atom stereocenters. The first-order valence-electron chi connectivity index (χ1n) is 9.96. The number of para-hydroxylation sites is 1. The summed E-state index contributed by atoms with van der Waals surface area (Å²) in [5.41, 5.74) is 3.78. The van der Waals surface area contributed by atoms with Gasteiger partial charge in [0, 0.05) is 30.6 Å². The van der Waals surface area contributed by atoms with Gasteiger partial charge >= 0.3 is 0 Å². The lowest BCUT2D eigenvalue weighted by Crippen LogP contribution is -2.29. The monoisotopic (exact) mass is 390 g/mol. The third-order valence-electron chi connectivity index (χ3n) is 5.49. The second kappa shape index (κ2) is 8.11. The van der Waals surface area contributed by atoms with Crippen molar-refractivity contribution in [2.45, 2.75) is 25.2 Å². The van der Waals surface area contributed by atoms with Crippen LogP contribution in [0.5, 0.6) is 11.5 Å². The van der Waals surface area contributed by atoms with E-state index in [4.69, 9.17) is 14.5 Å². The number of methoxy groups -OCH3 is 2. The van der Waals surface area contributed by atoms with Crippen LogP contribution in [-0.4, -0.2) is 43.6 Å². The average molecular weight is 390 g/mol. The van der Waals surface area contributed by atoms with Gasteiger partial charge in [0.15, 0.2) is 11.5 Å². The fraction of sp³-hybridized carbons (Fsp3) is 0.333. The molecule has 1 fully saturated rings. The van der Waals surface area contributed by atoms with Gasteiger partial charge in [-0.05, 0) is 49.1 Å².